The van der Waals surface area contributed by atoms with Gasteiger partial charge in [0.05, 0.1) is 5.69 Å². The number of benzene rings is 1. The van der Waals surface area contributed by atoms with Gasteiger partial charge in [-0.1, -0.05) is 30.3 Å². The summed E-state index contributed by atoms with van der Waals surface area (Å²) >= 11 is 0. The van der Waals surface area contributed by atoms with Crippen LogP contribution in [0.1, 0.15) is 18.2 Å². The van der Waals surface area contributed by atoms with Crippen LogP contribution < -0.4 is 0 Å². The number of rotatable bonds is 2. The van der Waals surface area contributed by atoms with Crippen molar-refractivity contribution < 1.29 is 5.11 Å². The Bertz CT molecular complexity index is 392. The maximum atomic E-state index is 10.3. The monoisotopic (exact) mass is 188 g/mol. The van der Waals surface area contributed by atoms with Crippen LogP contribution in [0.15, 0.2) is 42.6 Å². The minimum Gasteiger partial charge on any atom is -0.379 e. The van der Waals surface area contributed by atoms with E-state index in [-0.39, 0.29) is 0 Å². The lowest BCUT2D eigenvalue weighted by molar-refractivity contribution is 0.0973. The lowest BCUT2D eigenvalue weighted by Crippen LogP contribution is -2.23. The molecule has 1 aromatic heterocycles. The van der Waals surface area contributed by atoms with Gasteiger partial charge in [0.2, 0.25) is 0 Å². The van der Waals surface area contributed by atoms with Gasteiger partial charge in [0.1, 0.15) is 5.60 Å². The Hall–Kier alpha value is -1.61. The number of aromatic amines is 1. The van der Waals surface area contributed by atoms with Crippen molar-refractivity contribution in [1.82, 2.24) is 10.2 Å². The van der Waals surface area contributed by atoms with Crippen molar-refractivity contribution in [2.45, 2.75) is 12.5 Å². The molecule has 0 spiro atoms. The second-order valence-electron chi connectivity index (χ2n) is 3.41. The standard InChI is InChI=1S/C11H12N2O/c1-11(14,10-7-8-12-13-10)9-5-3-2-4-6-9/h2-8,14H,1H3,(H,12,13). The molecule has 1 heterocycles. The molecular weight excluding hydrogens is 176 g/mol. The zero-order valence-corrected chi connectivity index (χ0v) is 7.94. The lowest BCUT2D eigenvalue weighted by atomic mass is 9.93. The topological polar surface area (TPSA) is 48.9 Å². The molecule has 1 atom stereocenters. The lowest BCUT2D eigenvalue weighted by Gasteiger charge is -2.21. The third kappa shape index (κ3) is 1.42. The molecule has 1 unspecified atom stereocenters. The van der Waals surface area contributed by atoms with Crippen molar-refractivity contribution in [2.75, 3.05) is 0 Å². The van der Waals surface area contributed by atoms with Gasteiger partial charge in [0, 0.05) is 6.20 Å². The highest BCUT2D eigenvalue weighted by Gasteiger charge is 2.26. The van der Waals surface area contributed by atoms with Crippen LogP contribution in [0, 0.1) is 0 Å². The maximum absolute atomic E-state index is 10.3. The van der Waals surface area contributed by atoms with Crippen LogP contribution in [0.25, 0.3) is 0 Å². The molecule has 0 amide bonds. The normalized spacial score (nSPS) is 15.0. The van der Waals surface area contributed by atoms with Crippen LogP contribution in [-0.2, 0) is 5.60 Å². The summed E-state index contributed by atoms with van der Waals surface area (Å²) in [6.45, 7) is 1.75. The molecule has 72 valence electrons. The highest BCUT2D eigenvalue weighted by atomic mass is 16.3. The van der Waals surface area contributed by atoms with Crippen LogP contribution in [0.5, 0.6) is 0 Å². The summed E-state index contributed by atoms with van der Waals surface area (Å²) in [6, 6.07) is 11.3. The van der Waals surface area contributed by atoms with E-state index in [4.69, 9.17) is 0 Å². The number of hydrogen-bond donors (Lipinski definition) is 2. The Morgan fingerprint density at radius 1 is 1.21 bits per heavy atom. The summed E-state index contributed by atoms with van der Waals surface area (Å²) in [5.74, 6) is 0. The zero-order chi connectivity index (χ0) is 10.0. The highest BCUT2D eigenvalue weighted by Crippen LogP contribution is 2.26. The average molecular weight is 188 g/mol. The first-order chi connectivity index (χ1) is 6.71. The molecule has 0 fully saturated rings. The smallest absolute Gasteiger partial charge is 0.128 e. The van der Waals surface area contributed by atoms with Gasteiger partial charge in [-0.2, -0.15) is 5.10 Å². The second-order valence-corrected chi connectivity index (χ2v) is 3.41. The van der Waals surface area contributed by atoms with Crippen LogP contribution in [0.4, 0.5) is 0 Å². The number of nitrogens with zero attached hydrogens (tertiary/aromatic N) is 1. The van der Waals surface area contributed by atoms with Crippen molar-refractivity contribution in [3.05, 3.63) is 53.9 Å². The summed E-state index contributed by atoms with van der Waals surface area (Å²) in [5, 5.41) is 16.9. The molecule has 0 aliphatic carbocycles. The minimum absolute atomic E-state index is 0.698. The molecule has 3 heteroatoms. The van der Waals surface area contributed by atoms with E-state index in [0.29, 0.717) is 5.69 Å². The quantitative estimate of drug-likeness (QED) is 0.753. The Kier molecular flexibility index (Phi) is 2.09. The van der Waals surface area contributed by atoms with E-state index in [1.165, 1.54) is 0 Å². The first-order valence-corrected chi connectivity index (χ1v) is 4.49. The summed E-state index contributed by atoms with van der Waals surface area (Å²) in [7, 11) is 0. The number of nitrogens with one attached hydrogen (secondary N) is 1. The number of H-pyrrole nitrogens is 1. The SMILES string of the molecule is CC(O)(c1ccccc1)c1ccn[nH]1. The number of hydrogen-bond acceptors (Lipinski definition) is 2. The Morgan fingerprint density at radius 2 is 1.93 bits per heavy atom. The largest absolute Gasteiger partial charge is 0.379 e. The van der Waals surface area contributed by atoms with Crippen LogP contribution in [-0.4, -0.2) is 15.3 Å². The predicted octanol–water partition coefficient (Wildman–Crippen LogP) is 1.67. The molecule has 0 saturated heterocycles. The summed E-state index contributed by atoms with van der Waals surface area (Å²) < 4.78 is 0. The molecule has 2 N–H and O–H groups in total. The van der Waals surface area contributed by atoms with E-state index in [9.17, 15) is 5.11 Å². The summed E-state index contributed by atoms with van der Waals surface area (Å²) in [6.07, 6.45) is 1.63. The summed E-state index contributed by atoms with van der Waals surface area (Å²) in [5.41, 5.74) is 0.547. The first-order valence-electron chi connectivity index (χ1n) is 4.49. The minimum atomic E-state index is -1.00. The highest BCUT2D eigenvalue weighted by molar-refractivity contribution is 5.30. The van der Waals surface area contributed by atoms with E-state index in [1.807, 2.05) is 30.3 Å². The molecule has 0 radical (unpaired) electrons. The Labute approximate surface area is 82.4 Å². The Balaban J connectivity index is 2.43. The van der Waals surface area contributed by atoms with Gasteiger partial charge >= 0.3 is 0 Å². The maximum Gasteiger partial charge on any atom is 0.128 e. The molecule has 3 nitrogen and oxygen atoms in total. The van der Waals surface area contributed by atoms with E-state index >= 15 is 0 Å². The fourth-order valence-corrected chi connectivity index (χ4v) is 1.45. The van der Waals surface area contributed by atoms with E-state index in [0.717, 1.165) is 5.56 Å². The van der Waals surface area contributed by atoms with Crippen molar-refractivity contribution in [2.24, 2.45) is 0 Å². The van der Waals surface area contributed by atoms with Crippen molar-refractivity contribution >= 4 is 0 Å². The Morgan fingerprint density at radius 3 is 2.50 bits per heavy atom. The second kappa shape index (κ2) is 3.27. The van der Waals surface area contributed by atoms with Gasteiger partial charge < -0.3 is 5.11 Å². The molecule has 0 bridgehead atoms. The van der Waals surface area contributed by atoms with E-state index in [1.54, 1.807) is 19.2 Å². The van der Waals surface area contributed by atoms with Gasteiger partial charge in [-0.15, -0.1) is 0 Å². The van der Waals surface area contributed by atoms with Gasteiger partial charge in [-0.3, -0.25) is 5.10 Å². The molecule has 1 aromatic carbocycles. The van der Waals surface area contributed by atoms with Crippen molar-refractivity contribution in [1.29, 1.82) is 0 Å². The fourth-order valence-electron chi connectivity index (χ4n) is 1.45. The number of aromatic nitrogens is 2. The van der Waals surface area contributed by atoms with Gasteiger partial charge in [-0.05, 0) is 18.6 Å². The fraction of sp³-hybridized carbons (Fsp3) is 0.182. The van der Waals surface area contributed by atoms with Crippen molar-refractivity contribution in [3.63, 3.8) is 0 Å². The third-order valence-electron chi connectivity index (χ3n) is 2.36. The van der Waals surface area contributed by atoms with Crippen LogP contribution >= 0.6 is 0 Å². The van der Waals surface area contributed by atoms with Gasteiger partial charge in [-0.25, -0.2) is 0 Å². The van der Waals surface area contributed by atoms with E-state index < -0.39 is 5.60 Å². The third-order valence-corrected chi connectivity index (χ3v) is 2.36. The number of aliphatic hydroxyl groups is 1. The first kappa shape index (κ1) is 8.97. The molecule has 0 aliphatic rings. The predicted molar refractivity (Wildman–Crippen MR) is 53.7 cm³/mol. The molecule has 2 rings (SSSR count). The molecule has 2 aromatic rings. The summed E-state index contributed by atoms with van der Waals surface area (Å²) in [4.78, 5) is 0. The molecular formula is C11H12N2O. The van der Waals surface area contributed by atoms with Crippen molar-refractivity contribution in [3.8, 4) is 0 Å². The van der Waals surface area contributed by atoms with Crippen LogP contribution in [0.2, 0.25) is 0 Å². The average Bonchev–Trinajstić information content (AvgIpc) is 2.72. The molecule has 14 heavy (non-hydrogen) atoms. The molecule has 0 saturated carbocycles. The van der Waals surface area contributed by atoms with E-state index in [2.05, 4.69) is 10.2 Å². The van der Waals surface area contributed by atoms with Gasteiger partial charge in [0.15, 0.2) is 0 Å². The zero-order valence-electron chi connectivity index (χ0n) is 7.94. The van der Waals surface area contributed by atoms with Crippen LogP contribution in [0.3, 0.4) is 0 Å². The van der Waals surface area contributed by atoms with Gasteiger partial charge in [0.25, 0.3) is 0 Å². The molecule has 0 aliphatic heterocycles.